The Labute approximate surface area is 163 Å². The molecule has 0 saturated heterocycles. The average molecular weight is 392 g/mol. The first kappa shape index (κ1) is 19.5. The fourth-order valence-corrected chi connectivity index (χ4v) is 3.12. The molecule has 1 aliphatic rings. The van der Waals surface area contributed by atoms with Crippen LogP contribution in [0, 0.1) is 5.82 Å². The van der Waals surface area contributed by atoms with Gasteiger partial charge in [-0.2, -0.15) is 0 Å². The Morgan fingerprint density at radius 2 is 2.00 bits per heavy atom. The van der Waals surface area contributed by atoms with Gasteiger partial charge in [-0.3, -0.25) is 0 Å². The fourth-order valence-electron chi connectivity index (χ4n) is 2.93. The molecule has 144 valence electrons. The summed E-state index contributed by atoms with van der Waals surface area (Å²) in [5.74, 6) is 0.160. The zero-order valence-corrected chi connectivity index (χ0v) is 16.5. The van der Waals surface area contributed by atoms with Crippen LogP contribution >= 0.6 is 11.6 Å². The first-order valence-corrected chi connectivity index (χ1v) is 9.26. The van der Waals surface area contributed by atoms with Gasteiger partial charge < -0.3 is 14.4 Å². The molecule has 6 heteroatoms. The van der Waals surface area contributed by atoms with Crippen molar-refractivity contribution < 1.29 is 18.7 Å². The van der Waals surface area contributed by atoms with Crippen molar-refractivity contribution in [1.29, 1.82) is 0 Å². The Balaban J connectivity index is 1.68. The molecule has 0 aromatic heterocycles. The van der Waals surface area contributed by atoms with Gasteiger partial charge in [0.2, 0.25) is 0 Å². The number of hydrogen-bond donors (Lipinski definition) is 0. The number of ether oxygens (including phenoxy) is 2. The lowest BCUT2D eigenvalue weighted by Crippen LogP contribution is -2.39. The topological polar surface area (TPSA) is 38.8 Å². The second-order valence-electron chi connectivity index (χ2n) is 7.58. The highest BCUT2D eigenvalue weighted by Crippen LogP contribution is 2.26. The van der Waals surface area contributed by atoms with Gasteiger partial charge in [-0.25, -0.2) is 9.18 Å². The highest BCUT2D eigenvalue weighted by molar-refractivity contribution is 6.30. The maximum atomic E-state index is 14.0. The van der Waals surface area contributed by atoms with Crippen LogP contribution in [-0.2, 0) is 24.3 Å². The van der Waals surface area contributed by atoms with E-state index in [4.69, 9.17) is 21.1 Å². The van der Waals surface area contributed by atoms with Gasteiger partial charge >= 0.3 is 6.09 Å². The molecule has 0 fully saturated rings. The monoisotopic (exact) mass is 391 g/mol. The molecule has 27 heavy (non-hydrogen) atoms. The zero-order chi connectivity index (χ0) is 19.6. The lowest BCUT2D eigenvalue weighted by atomic mass is 10.00. The minimum absolute atomic E-state index is 0.0783. The Hall–Kier alpha value is -2.27. The number of hydrogen-bond acceptors (Lipinski definition) is 3. The minimum Gasteiger partial charge on any atom is -0.489 e. The first-order chi connectivity index (χ1) is 12.7. The van der Waals surface area contributed by atoms with Crippen molar-refractivity contribution in [3.63, 3.8) is 0 Å². The first-order valence-electron chi connectivity index (χ1n) is 8.88. The quantitative estimate of drug-likeness (QED) is 0.707. The molecule has 0 atom stereocenters. The molecule has 0 unspecified atom stereocenters. The number of rotatable bonds is 3. The standard InChI is InChI=1S/C21H23ClFNO3/c1-21(2,3)27-20(25)24-10-9-14-7-8-17(11-16(14)12-24)26-13-15-5-4-6-18(22)19(15)23/h4-8,11H,9-10,12-13H2,1-3H3. The third-order valence-corrected chi connectivity index (χ3v) is 4.56. The number of carbonyl (C=O) groups excluding carboxylic acids is 1. The number of benzene rings is 2. The Kier molecular flexibility index (Phi) is 5.61. The van der Waals surface area contributed by atoms with Crippen molar-refractivity contribution >= 4 is 17.7 Å². The van der Waals surface area contributed by atoms with Gasteiger partial charge in [-0.1, -0.05) is 29.8 Å². The summed E-state index contributed by atoms with van der Waals surface area (Å²) in [7, 11) is 0. The predicted molar refractivity (Wildman–Crippen MR) is 103 cm³/mol. The van der Waals surface area contributed by atoms with Crippen molar-refractivity contribution in [1.82, 2.24) is 4.90 Å². The van der Waals surface area contributed by atoms with E-state index in [1.165, 1.54) is 11.6 Å². The third-order valence-electron chi connectivity index (χ3n) is 4.27. The third kappa shape index (κ3) is 4.92. The fraction of sp³-hybridized carbons (Fsp3) is 0.381. The maximum absolute atomic E-state index is 14.0. The molecule has 3 rings (SSSR count). The SMILES string of the molecule is CC(C)(C)OC(=O)N1CCc2ccc(OCc3cccc(Cl)c3F)cc2C1. The van der Waals surface area contributed by atoms with Crippen LogP contribution in [0.2, 0.25) is 5.02 Å². The molecule has 0 saturated carbocycles. The van der Waals surface area contributed by atoms with Crippen LogP contribution in [0.5, 0.6) is 5.75 Å². The van der Waals surface area contributed by atoms with Crippen molar-refractivity contribution in [3.05, 3.63) is 63.9 Å². The van der Waals surface area contributed by atoms with Crippen LogP contribution < -0.4 is 4.74 Å². The summed E-state index contributed by atoms with van der Waals surface area (Å²) in [5, 5.41) is 0.0783. The minimum atomic E-state index is -0.524. The van der Waals surface area contributed by atoms with E-state index in [0.29, 0.717) is 24.4 Å². The van der Waals surface area contributed by atoms with Crippen LogP contribution in [0.15, 0.2) is 36.4 Å². The zero-order valence-electron chi connectivity index (χ0n) is 15.7. The molecule has 0 radical (unpaired) electrons. The summed E-state index contributed by atoms with van der Waals surface area (Å²) in [5.41, 5.74) is 2.06. The molecule has 4 nitrogen and oxygen atoms in total. The Morgan fingerprint density at radius 1 is 1.22 bits per heavy atom. The molecule has 1 heterocycles. The van der Waals surface area contributed by atoms with Crippen LogP contribution in [0.25, 0.3) is 0 Å². The second kappa shape index (κ2) is 7.77. The molecule has 1 aliphatic heterocycles. The number of nitrogens with zero attached hydrogens (tertiary/aromatic N) is 1. The van der Waals surface area contributed by atoms with E-state index in [-0.39, 0.29) is 17.7 Å². The molecular formula is C21H23ClFNO3. The average Bonchev–Trinajstić information content (AvgIpc) is 2.61. The summed E-state index contributed by atoms with van der Waals surface area (Å²) in [6.45, 7) is 6.72. The van der Waals surface area contributed by atoms with Gasteiger partial charge in [-0.15, -0.1) is 0 Å². The van der Waals surface area contributed by atoms with E-state index in [1.807, 2.05) is 39.0 Å². The Morgan fingerprint density at radius 3 is 2.74 bits per heavy atom. The molecule has 2 aromatic carbocycles. The summed E-state index contributed by atoms with van der Waals surface area (Å²) < 4.78 is 25.2. The van der Waals surface area contributed by atoms with Gasteiger partial charge in [-0.05, 0) is 56.5 Å². The lowest BCUT2D eigenvalue weighted by molar-refractivity contribution is 0.0223. The summed E-state index contributed by atoms with van der Waals surface area (Å²) >= 11 is 5.80. The smallest absolute Gasteiger partial charge is 0.410 e. The van der Waals surface area contributed by atoms with Crippen molar-refractivity contribution in [2.24, 2.45) is 0 Å². The van der Waals surface area contributed by atoms with Gasteiger partial charge in [0.15, 0.2) is 0 Å². The van der Waals surface area contributed by atoms with Gasteiger partial charge in [0, 0.05) is 18.7 Å². The van der Waals surface area contributed by atoms with E-state index >= 15 is 0 Å². The van der Waals surface area contributed by atoms with E-state index < -0.39 is 11.4 Å². The summed E-state index contributed by atoms with van der Waals surface area (Å²) in [6, 6.07) is 10.6. The highest BCUT2D eigenvalue weighted by atomic mass is 35.5. The predicted octanol–water partition coefficient (Wildman–Crippen LogP) is 5.35. The lowest BCUT2D eigenvalue weighted by Gasteiger charge is -2.31. The Bertz CT molecular complexity index is 848. The molecular weight excluding hydrogens is 369 g/mol. The summed E-state index contributed by atoms with van der Waals surface area (Å²) in [4.78, 5) is 14.0. The van der Waals surface area contributed by atoms with E-state index in [1.54, 1.807) is 17.0 Å². The number of fused-ring (bicyclic) bond motifs is 1. The molecule has 0 aliphatic carbocycles. The molecule has 0 N–H and O–H groups in total. The van der Waals surface area contributed by atoms with Crippen molar-refractivity contribution in [3.8, 4) is 5.75 Å². The van der Waals surface area contributed by atoms with Gasteiger partial charge in [0.25, 0.3) is 0 Å². The number of halogens is 2. The van der Waals surface area contributed by atoms with Gasteiger partial charge in [0.05, 0.1) is 5.02 Å². The normalized spacial score (nSPS) is 13.9. The van der Waals surface area contributed by atoms with Crippen LogP contribution in [-0.4, -0.2) is 23.1 Å². The van der Waals surface area contributed by atoms with Crippen LogP contribution in [0.3, 0.4) is 0 Å². The van der Waals surface area contributed by atoms with Gasteiger partial charge in [0.1, 0.15) is 23.8 Å². The maximum Gasteiger partial charge on any atom is 0.410 e. The van der Waals surface area contributed by atoms with Crippen molar-refractivity contribution in [2.45, 2.75) is 45.9 Å². The largest absolute Gasteiger partial charge is 0.489 e. The van der Waals surface area contributed by atoms with E-state index in [9.17, 15) is 9.18 Å². The van der Waals surface area contributed by atoms with Crippen LogP contribution in [0.1, 0.15) is 37.5 Å². The molecule has 1 amide bonds. The summed E-state index contributed by atoms with van der Waals surface area (Å²) in [6.07, 6.45) is 0.443. The van der Waals surface area contributed by atoms with Crippen molar-refractivity contribution in [2.75, 3.05) is 6.54 Å². The number of carbonyl (C=O) groups is 1. The second-order valence-corrected chi connectivity index (χ2v) is 7.99. The van der Waals surface area contributed by atoms with Crippen LogP contribution in [0.4, 0.5) is 9.18 Å². The van der Waals surface area contributed by atoms with E-state index in [2.05, 4.69) is 0 Å². The van der Waals surface area contributed by atoms with E-state index in [0.717, 1.165) is 12.0 Å². The molecule has 0 bridgehead atoms. The number of amides is 1. The highest BCUT2D eigenvalue weighted by Gasteiger charge is 2.25. The molecule has 0 spiro atoms. The molecule has 2 aromatic rings.